The second-order valence-corrected chi connectivity index (χ2v) is 6.68. The van der Waals surface area contributed by atoms with Crippen LogP contribution in [-0.4, -0.2) is 12.5 Å². The molecule has 0 unspecified atom stereocenters. The van der Waals surface area contributed by atoms with Gasteiger partial charge in [-0.2, -0.15) is 0 Å². The topological polar surface area (TPSA) is 81.1 Å². The van der Waals surface area contributed by atoms with Crippen molar-refractivity contribution in [2.45, 2.75) is 77.6 Å². The molecule has 0 saturated carbocycles. The van der Waals surface area contributed by atoms with Crippen molar-refractivity contribution in [1.29, 1.82) is 0 Å². The van der Waals surface area contributed by atoms with Gasteiger partial charge in [0, 0.05) is 23.5 Å². The molecule has 24 heavy (non-hydrogen) atoms. The number of hydrogen-bond acceptors (Lipinski definition) is 3. The van der Waals surface area contributed by atoms with Crippen LogP contribution in [0.3, 0.4) is 0 Å². The summed E-state index contributed by atoms with van der Waals surface area (Å²) in [7, 11) is 0. The van der Waals surface area contributed by atoms with Gasteiger partial charge in [0.1, 0.15) is 0 Å². The molecule has 0 aromatic heterocycles. The van der Waals surface area contributed by atoms with Gasteiger partial charge in [0.2, 0.25) is 0 Å². The molecule has 4 heteroatoms. The number of nitrogen functional groups attached to an aromatic ring is 2. The fourth-order valence-corrected chi connectivity index (χ4v) is 2.90. The smallest absolute Gasteiger partial charge is 0.251 e. The van der Waals surface area contributed by atoms with E-state index in [0.717, 1.165) is 6.42 Å². The van der Waals surface area contributed by atoms with Crippen LogP contribution in [0.4, 0.5) is 11.4 Å². The molecule has 1 amide bonds. The number of anilines is 2. The van der Waals surface area contributed by atoms with E-state index >= 15 is 0 Å². The summed E-state index contributed by atoms with van der Waals surface area (Å²) in [6.07, 6.45) is 14.4. The summed E-state index contributed by atoms with van der Waals surface area (Å²) in [5, 5.41) is 2.93. The second-order valence-electron chi connectivity index (χ2n) is 6.68. The minimum atomic E-state index is -0.0962. The summed E-state index contributed by atoms with van der Waals surface area (Å²) < 4.78 is 0. The van der Waals surface area contributed by atoms with Gasteiger partial charge in [0.15, 0.2) is 0 Å². The minimum absolute atomic E-state index is 0.0962. The van der Waals surface area contributed by atoms with Crippen LogP contribution in [0, 0.1) is 0 Å². The zero-order valence-corrected chi connectivity index (χ0v) is 15.3. The molecule has 4 nitrogen and oxygen atoms in total. The van der Waals surface area contributed by atoms with Gasteiger partial charge >= 0.3 is 0 Å². The molecule has 1 aromatic carbocycles. The lowest BCUT2D eigenvalue weighted by Crippen LogP contribution is -2.24. The normalized spacial score (nSPS) is 10.7. The zero-order chi connectivity index (χ0) is 17.6. The van der Waals surface area contributed by atoms with E-state index in [1.54, 1.807) is 18.2 Å². The Morgan fingerprint density at radius 2 is 1.25 bits per heavy atom. The molecular formula is C20H35N3O. The number of unbranched alkanes of at least 4 members (excludes halogenated alkanes) is 10. The highest BCUT2D eigenvalue weighted by atomic mass is 16.1. The van der Waals surface area contributed by atoms with E-state index in [4.69, 9.17) is 11.5 Å². The SMILES string of the molecule is CCCCCCCCCCCCCNC(=O)c1cc(N)cc(N)c1. The number of carbonyl (C=O) groups excluding carboxylic acids is 1. The standard InChI is InChI=1S/C20H35N3O/c1-2-3-4-5-6-7-8-9-10-11-12-13-23-20(24)17-14-18(21)16-19(22)15-17/h14-16H,2-13,21-22H2,1H3,(H,23,24). The zero-order valence-electron chi connectivity index (χ0n) is 15.3. The third kappa shape index (κ3) is 9.43. The number of carbonyl (C=O) groups is 1. The summed E-state index contributed by atoms with van der Waals surface area (Å²) in [4.78, 5) is 12.0. The van der Waals surface area contributed by atoms with Crippen LogP contribution in [-0.2, 0) is 0 Å². The first kappa shape index (κ1) is 20.3. The molecule has 1 aromatic rings. The first-order chi connectivity index (χ1) is 11.6. The van der Waals surface area contributed by atoms with Gasteiger partial charge in [-0.15, -0.1) is 0 Å². The predicted molar refractivity (Wildman–Crippen MR) is 104 cm³/mol. The third-order valence-corrected chi connectivity index (χ3v) is 4.31. The van der Waals surface area contributed by atoms with E-state index < -0.39 is 0 Å². The summed E-state index contributed by atoms with van der Waals surface area (Å²) in [5.74, 6) is -0.0962. The molecule has 0 saturated heterocycles. The van der Waals surface area contributed by atoms with Crippen LogP contribution in [0.2, 0.25) is 0 Å². The fraction of sp³-hybridized carbons (Fsp3) is 0.650. The van der Waals surface area contributed by atoms with E-state index in [2.05, 4.69) is 12.2 Å². The van der Waals surface area contributed by atoms with Crippen molar-refractivity contribution in [2.24, 2.45) is 0 Å². The average Bonchev–Trinajstić information content (AvgIpc) is 2.54. The van der Waals surface area contributed by atoms with Gasteiger partial charge in [-0.1, -0.05) is 71.1 Å². The van der Waals surface area contributed by atoms with E-state index in [1.807, 2.05) is 0 Å². The molecule has 5 N–H and O–H groups in total. The fourth-order valence-electron chi connectivity index (χ4n) is 2.90. The Morgan fingerprint density at radius 1 is 0.792 bits per heavy atom. The first-order valence-corrected chi connectivity index (χ1v) is 9.57. The van der Waals surface area contributed by atoms with Crippen LogP contribution in [0.1, 0.15) is 87.9 Å². The molecule has 0 radical (unpaired) electrons. The summed E-state index contributed by atoms with van der Waals surface area (Å²) in [5.41, 5.74) is 13.0. The average molecular weight is 334 g/mol. The van der Waals surface area contributed by atoms with Crippen molar-refractivity contribution in [1.82, 2.24) is 5.32 Å². The summed E-state index contributed by atoms with van der Waals surface area (Å²) in [6, 6.07) is 4.97. The lowest BCUT2D eigenvalue weighted by molar-refractivity contribution is 0.0953. The maximum atomic E-state index is 12.0. The van der Waals surface area contributed by atoms with Crippen LogP contribution in [0.15, 0.2) is 18.2 Å². The number of nitrogens with one attached hydrogen (secondary N) is 1. The van der Waals surface area contributed by atoms with Crippen LogP contribution < -0.4 is 16.8 Å². The molecule has 0 aliphatic carbocycles. The number of benzene rings is 1. The molecule has 0 fully saturated rings. The first-order valence-electron chi connectivity index (χ1n) is 9.57. The van der Waals surface area contributed by atoms with Gasteiger partial charge in [-0.05, 0) is 24.6 Å². The monoisotopic (exact) mass is 333 g/mol. The molecule has 0 aliphatic heterocycles. The Labute approximate surface area is 147 Å². The quantitative estimate of drug-likeness (QED) is 0.355. The molecule has 0 atom stereocenters. The van der Waals surface area contributed by atoms with E-state index in [9.17, 15) is 4.79 Å². The Morgan fingerprint density at radius 3 is 1.75 bits per heavy atom. The van der Waals surface area contributed by atoms with Crippen molar-refractivity contribution in [3.05, 3.63) is 23.8 Å². The molecule has 0 heterocycles. The third-order valence-electron chi connectivity index (χ3n) is 4.31. The van der Waals surface area contributed by atoms with Crippen molar-refractivity contribution < 1.29 is 4.79 Å². The summed E-state index contributed by atoms with van der Waals surface area (Å²) in [6.45, 7) is 2.97. The van der Waals surface area contributed by atoms with Crippen LogP contribution >= 0.6 is 0 Å². The van der Waals surface area contributed by atoms with Gasteiger partial charge in [0.25, 0.3) is 5.91 Å². The van der Waals surface area contributed by atoms with Gasteiger partial charge in [0.05, 0.1) is 0 Å². The Hall–Kier alpha value is -1.71. The Kier molecular flexibility index (Phi) is 10.7. The molecule has 0 spiro atoms. The van der Waals surface area contributed by atoms with E-state index in [-0.39, 0.29) is 5.91 Å². The van der Waals surface area contributed by atoms with Crippen LogP contribution in [0.25, 0.3) is 0 Å². The van der Waals surface area contributed by atoms with Gasteiger partial charge < -0.3 is 16.8 Å². The molecule has 1 rings (SSSR count). The lowest BCUT2D eigenvalue weighted by atomic mass is 10.1. The lowest BCUT2D eigenvalue weighted by Gasteiger charge is -2.07. The molecule has 0 aliphatic rings. The molecular weight excluding hydrogens is 298 g/mol. The van der Waals surface area contributed by atoms with Crippen LogP contribution in [0.5, 0.6) is 0 Å². The van der Waals surface area contributed by atoms with Crippen molar-refractivity contribution in [3.63, 3.8) is 0 Å². The molecule has 136 valence electrons. The van der Waals surface area contributed by atoms with E-state index in [1.165, 1.54) is 64.2 Å². The van der Waals surface area contributed by atoms with Crippen molar-refractivity contribution in [3.8, 4) is 0 Å². The number of rotatable bonds is 13. The maximum Gasteiger partial charge on any atom is 0.251 e. The number of amides is 1. The van der Waals surface area contributed by atoms with Crippen molar-refractivity contribution >= 4 is 17.3 Å². The van der Waals surface area contributed by atoms with E-state index in [0.29, 0.717) is 23.5 Å². The number of nitrogens with two attached hydrogens (primary N) is 2. The largest absolute Gasteiger partial charge is 0.399 e. The number of hydrogen-bond donors (Lipinski definition) is 3. The summed E-state index contributed by atoms with van der Waals surface area (Å²) >= 11 is 0. The van der Waals surface area contributed by atoms with Gasteiger partial charge in [-0.3, -0.25) is 4.79 Å². The minimum Gasteiger partial charge on any atom is -0.399 e. The Balaban J connectivity index is 1.97. The molecule has 0 bridgehead atoms. The maximum absolute atomic E-state index is 12.0. The van der Waals surface area contributed by atoms with Gasteiger partial charge in [-0.25, -0.2) is 0 Å². The van der Waals surface area contributed by atoms with Crippen molar-refractivity contribution in [2.75, 3.05) is 18.0 Å². The highest BCUT2D eigenvalue weighted by Gasteiger charge is 2.06. The predicted octanol–water partition coefficient (Wildman–Crippen LogP) is 4.89. The second kappa shape index (κ2) is 12.7. The Bertz CT molecular complexity index is 454. The highest BCUT2D eigenvalue weighted by molar-refractivity contribution is 5.96. The highest BCUT2D eigenvalue weighted by Crippen LogP contribution is 2.14.